The van der Waals surface area contributed by atoms with E-state index < -0.39 is 5.91 Å². The highest BCUT2D eigenvalue weighted by molar-refractivity contribution is 5.97. The molecule has 2 aromatic rings. The Morgan fingerprint density at radius 3 is 2.46 bits per heavy atom. The van der Waals surface area contributed by atoms with Gasteiger partial charge < -0.3 is 15.7 Å². The predicted octanol–water partition coefficient (Wildman–Crippen LogP) is 2.25. The Labute approximate surface area is 141 Å². The molecule has 2 aromatic carbocycles. The van der Waals surface area contributed by atoms with Gasteiger partial charge in [-0.15, -0.1) is 0 Å². The fourth-order valence-corrected chi connectivity index (χ4v) is 2.09. The molecule has 0 unspecified atom stereocenters. The van der Waals surface area contributed by atoms with Crippen molar-refractivity contribution in [1.82, 2.24) is 10.6 Å². The molecule has 0 saturated carbocycles. The minimum absolute atomic E-state index is 0.0386. The fourth-order valence-electron chi connectivity index (χ4n) is 2.09. The zero-order valence-electron chi connectivity index (χ0n) is 13.2. The number of hydrogen-bond donors (Lipinski definition) is 3. The number of phenols is 1. The van der Waals surface area contributed by atoms with Crippen molar-refractivity contribution in [3.8, 4) is 11.8 Å². The molecule has 0 heterocycles. The van der Waals surface area contributed by atoms with E-state index in [4.69, 9.17) is 5.26 Å². The molecule has 2 rings (SSSR count). The van der Waals surface area contributed by atoms with Crippen molar-refractivity contribution in [2.75, 3.05) is 6.54 Å². The van der Waals surface area contributed by atoms with Crippen LogP contribution in [0.1, 0.15) is 11.1 Å². The number of carbonyl (C=O) groups excluding carboxylic acids is 1. The molecule has 0 bridgehead atoms. The van der Waals surface area contributed by atoms with Crippen LogP contribution in [-0.2, 0) is 17.8 Å². The van der Waals surface area contributed by atoms with Gasteiger partial charge >= 0.3 is 0 Å². The average Bonchev–Trinajstić information content (AvgIpc) is 2.61. The molecule has 122 valence electrons. The third kappa shape index (κ3) is 5.50. The third-order valence-corrected chi connectivity index (χ3v) is 3.40. The van der Waals surface area contributed by atoms with Crippen LogP contribution >= 0.6 is 0 Å². The predicted molar refractivity (Wildman–Crippen MR) is 91.8 cm³/mol. The summed E-state index contributed by atoms with van der Waals surface area (Å²) < 4.78 is 0. The van der Waals surface area contributed by atoms with E-state index in [2.05, 4.69) is 10.6 Å². The molecule has 0 aliphatic carbocycles. The first-order chi connectivity index (χ1) is 11.7. The molecule has 0 aromatic heterocycles. The van der Waals surface area contributed by atoms with Gasteiger partial charge in [0.1, 0.15) is 17.4 Å². The Kier molecular flexibility index (Phi) is 6.42. The highest BCUT2D eigenvalue weighted by Gasteiger charge is 2.07. The molecule has 5 heteroatoms. The maximum absolute atomic E-state index is 12.0. The number of nitrogens with zero attached hydrogens (tertiary/aromatic N) is 1. The van der Waals surface area contributed by atoms with Crippen molar-refractivity contribution in [2.45, 2.75) is 13.0 Å². The van der Waals surface area contributed by atoms with Crippen molar-refractivity contribution in [2.24, 2.45) is 0 Å². The topological polar surface area (TPSA) is 85.2 Å². The summed E-state index contributed by atoms with van der Waals surface area (Å²) >= 11 is 0. The summed E-state index contributed by atoms with van der Waals surface area (Å²) in [5.41, 5.74) is 2.10. The van der Waals surface area contributed by atoms with Gasteiger partial charge in [0.25, 0.3) is 5.91 Å². The summed E-state index contributed by atoms with van der Waals surface area (Å²) in [6.45, 7) is 0.966. The Morgan fingerprint density at radius 2 is 1.79 bits per heavy atom. The lowest BCUT2D eigenvalue weighted by Gasteiger charge is -2.06. The van der Waals surface area contributed by atoms with Crippen LogP contribution in [0.3, 0.4) is 0 Å². The smallest absolute Gasteiger partial charge is 0.263 e. The first-order valence-electron chi connectivity index (χ1n) is 7.62. The number of rotatable bonds is 7. The first-order valence-corrected chi connectivity index (χ1v) is 7.62. The van der Waals surface area contributed by atoms with E-state index in [0.717, 1.165) is 11.1 Å². The second-order valence-electron chi connectivity index (χ2n) is 5.21. The minimum Gasteiger partial charge on any atom is -0.508 e. The summed E-state index contributed by atoms with van der Waals surface area (Å²) in [7, 11) is 0. The number of carbonyl (C=O) groups is 1. The number of nitrogens with one attached hydrogen (secondary N) is 2. The normalized spacial score (nSPS) is 10.7. The van der Waals surface area contributed by atoms with E-state index in [1.54, 1.807) is 24.3 Å². The zero-order chi connectivity index (χ0) is 17.2. The van der Waals surface area contributed by atoms with Crippen LogP contribution in [0.2, 0.25) is 0 Å². The SMILES string of the molecule is N#C/C(=C/NCc1ccccc1)C(=O)NCCc1ccc(O)cc1. The van der Waals surface area contributed by atoms with Crippen LogP contribution in [0.4, 0.5) is 0 Å². The third-order valence-electron chi connectivity index (χ3n) is 3.40. The number of amides is 1. The van der Waals surface area contributed by atoms with Crippen molar-refractivity contribution in [3.63, 3.8) is 0 Å². The van der Waals surface area contributed by atoms with Gasteiger partial charge in [-0.2, -0.15) is 5.26 Å². The molecule has 5 nitrogen and oxygen atoms in total. The van der Waals surface area contributed by atoms with Gasteiger partial charge in [0.2, 0.25) is 0 Å². The van der Waals surface area contributed by atoms with E-state index in [-0.39, 0.29) is 11.3 Å². The van der Waals surface area contributed by atoms with Crippen LogP contribution in [0.25, 0.3) is 0 Å². The van der Waals surface area contributed by atoms with Gasteiger partial charge in [-0.1, -0.05) is 42.5 Å². The molecule has 3 N–H and O–H groups in total. The van der Waals surface area contributed by atoms with Gasteiger partial charge in [-0.25, -0.2) is 0 Å². The maximum atomic E-state index is 12.0. The minimum atomic E-state index is -0.406. The van der Waals surface area contributed by atoms with Crippen LogP contribution in [-0.4, -0.2) is 17.6 Å². The summed E-state index contributed by atoms with van der Waals surface area (Å²) in [6.07, 6.45) is 2.06. The van der Waals surface area contributed by atoms with E-state index in [1.165, 1.54) is 6.20 Å². The van der Waals surface area contributed by atoms with Crippen LogP contribution in [0.5, 0.6) is 5.75 Å². The molecule has 0 spiro atoms. The summed E-state index contributed by atoms with van der Waals surface area (Å²) in [6, 6.07) is 18.4. The molecule has 0 atom stereocenters. The Bertz CT molecular complexity index is 731. The molecule has 1 amide bonds. The van der Waals surface area contributed by atoms with Crippen molar-refractivity contribution in [3.05, 3.63) is 77.5 Å². The number of aromatic hydroxyl groups is 1. The van der Waals surface area contributed by atoms with E-state index in [1.807, 2.05) is 36.4 Å². The highest BCUT2D eigenvalue weighted by Crippen LogP contribution is 2.09. The average molecular weight is 321 g/mol. The molecule has 0 aliphatic rings. The molecular weight excluding hydrogens is 302 g/mol. The lowest BCUT2D eigenvalue weighted by atomic mass is 10.1. The van der Waals surface area contributed by atoms with Crippen LogP contribution < -0.4 is 10.6 Å². The lowest BCUT2D eigenvalue weighted by Crippen LogP contribution is -2.27. The van der Waals surface area contributed by atoms with Gasteiger partial charge in [0.15, 0.2) is 0 Å². The van der Waals surface area contributed by atoms with E-state index in [0.29, 0.717) is 19.5 Å². The van der Waals surface area contributed by atoms with Crippen molar-refractivity contribution in [1.29, 1.82) is 5.26 Å². The Morgan fingerprint density at radius 1 is 1.08 bits per heavy atom. The van der Waals surface area contributed by atoms with Crippen LogP contribution in [0, 0.1) is 11.3 Å². The van der Waals surface area contributed by atoms with Crippen LogP contribution in [0.15, 0.2) is 66.4 Å². The van der Waals surface area contributed by atoms with E-state index >= 15 is 0 Å². The summed E-state index contributed by atoms with van der Waals surface area (Å²) in [4.78, 5) is 12.0. The summed E-state index contributed by atoms with van der Waals surface area (Å²) in [5.74, 6) is -0.196. The van der Waals surface area contributed by atoms with Gasteiger partial charge in [0.05, 0.1) is 0 Å². The van der Waals surface area contributed by atoms with E-state index in [9.17, 15) is 9.90 Å². The molecule has 0 radical (unpaired) electrons. The molecule has 0 fully saturated rings. The zero-order valence-corrected chi connectivity index (χ0v) is 13.2. The monoisotopic (exact) mass is 321 g/mol. The first kappa shape index (κ1) is 17.1. The molecular formula is C19H19N3O2. The van der Waals surface area contributed by atoms with Gasteiger partial charge in [-0.3, -0.25) is 4.79 Å². The number of phenolic OH excluding ortho intramolecular Hbond substituents is 1. The Hall–Kier alpha value is -3.26. The number of benzene rings is 2. The van der Waals surface area contributed by atoms with Crippen molar-refractivity contribution < 1.29 is 9.90 Å². The Balaban J connectivity index is 1.79. The highest BCUT2D eigenvalue weighted by atomic mass is 16.3. The molecule has 24 heavy (non-hydrogen) atoms. The molecule has 0 aliphatic heterocycles. The number of hydrogen-bond acceptors (Lipinski definition) is 4. The standard InChI is InChI=1S/C19H19N3O2/c20-12-17(14-21-13-16-4-2-1-3-5-16)19(24)22-11-10-15-6-8-18(23)9-7-15/h1-9,14,21,23H,10-11,13H2,(H,22,24)/b17-14-. The largest absolute Gasteiger partial charge is 0.508 e. The van der Waals surface area contributed by atoms with Gasteiger partial charge in [-0.05, 0) is 29.7 Å². The molecule has 0 saturated heterocycles. The lowest BCUT2D eigenvalue weighted by molar-refractivity contribution is -0.117. The second-order valence-corrected chi connectivity index (χ2v) is 5.21. The number of nitriles is 1. The maximum Gasteiger partial charge on any atom is 0.263 e. The quantitative estimate of drug-likeness (QED) is 0.539. The van der Waals surface area contributed by atoms with Crippen molar-refractivity contribution >= 4 is 5.91 Å². The summed E-state index contributed by atoms with van der Waals surface area (Å²) in [5, 5.41) is 24.0. The van der Waals surface area contributed by atoms with Gasteiger partial charge in [0, 0.05) is 19.3 Å². The fraction of sp³-hybridized carbons (Fsp3) is 0.158. The second kappa shape index (κ2) is 9.01.